The maximum absolute atomic E-state index is 10.1. The SMILES string of the molecule is COc1cc2c(cc1O)CN1CCc3cc(CO)c(O)cc3C1C2.COc1cc2c(cc1O)CN1CCc3cc(CO)c(O)cc3[C@@H]1C2.COc1cc2c(cc1O)CN1CCc3cc(CO)c(O)cc3[C@H]1C2. The quantitative estimate of drug-likeness (QED) is 0.0842. The molecule has 1 unspecified atom stereocenters. The summed E-state index contributed by atoms with van der Waals surface area (Å²) in [6.07, 6.45) is 5.15. The molecule has 6 aliphatic rings. The summed E-state index contributed by atoms with van der Waals surface area (Å²) in [5.74, 6) is 2.50. The van der Waals surface area contributed by atoms with Crippen molar-refractivity contribution in [3.05, 3.63) is 156 Å². The van der Waals surface area contributed by atoms with Crippen molar-refractivity contribution in [3.8, 4) is 51.7 Å². The van der Waals surface area contributed by atoms with Gasteiger partial charge in [-0.2, -0.15) is 0 Å². The third-order valence-corrected chi connectivity index (χ3v) is 15.8. The number of hydrogen-bond acceptors (Lipinski definition) is 15. The molecule has 6 aromatic carbocycles. The van der Waals surface area contributed by atoms with Gasteiger partial charge in [0.25, 0.3) is 0 Å². The maximum atomic E-state index is 10.1. The van der Waals surface area contributed by atoms with Crippen molar-refractivity contribution in [3.63, 3.8) is 0 Å². The van der Waals surface area contributed by atoms with Crippen molar-refractivity contribution in [2.45, 2.75) is 96.1 Å². The van der Waals surface area contributed by atoms with Gasteiger partial charge in [0.15, 0.2) is 34.5 Å². The molecule has 0 fully saturated rings. The molecule has 0 bridgehead atoms. The molecule has 378 valence electrons. The van der Waals surface area contributed by atoms with Gasteiger partial charge in [0.2, 0.25) is 0 Å². The highest BCUT2D eigenvalue weighted by atomic mass is 16.5. The van der Waals surface area contributed by atoms with E-state index in [9.17, 15) is 46.0 Å². The Labute approximate surface area is 418 Å². The van der Waals surface area contributed by atoms with Crippen LogP contribution >= 0.6 is 0 Å². The van der Waals surface area contributed by atoms with Crippen LogP contribution in [0.2, 0.25) is 0 Å². The summed E-state index contributed by atoms with van der Waals surface area (Å²) in [4.78, 5) is 7.15. The molecule has 0 saturated carbocycles. The van der Waals surface area contributed by atoms with Gasteiger partial charge in [0.1, 0.15) is 17.2 Å². The fourth-order valence-corrected chi connectivity index (χ4v) is 11.9. The molecule has 0 aliphatic carbocycles. The van der Waals surface area contributed by atoms with Gasteiger partial charge >= 0.3 is 0 Å². The molecule has 6 aromatic rings. The van der Waals surface area contributed by atoms with Crippen LogP contribution in [0.3, 0.4) is 0 Å². The molecule has 72 heavy (non-hydrogen) atoms. The van der Waals surface area contributed by atoms with E-state index in [0.29, 0.717) is 33.9 Å². The number of nitrogens with zero attached hydrogens (tertiary/aromatic N) is 3. The molecule has 3 atom stereocenters. The van der Waals surface area contributed by atoms with Gasteiger partial charge in [0, 0.05) is 74.1 Å². The number of phenols is 6. The van der Waals surface area contributed by atoms with Gasteiger partial charge in [0.05, 0.1) is 41.2 Å². The second kappa shape index (κ2) is 20.1. The number of aliphatic hydroxyl groups is 3. The van der Waals surface area contributed by atoms with Crippen LogP contribution in [0, 0.1) is 0 Å². The number of hydrogen-bond donors (Lipinski definition) is 9. The van der Waals surface area contributed by atoms with Crippen molar-refractivity contribution in [1.29, 1.82) is 0 Å². The Morgan fingerprint density at radius 1 is 0.361 bits per heavy atom. The van der Waals surface area contributed by atoms with Crippen molar-refractivity contribution in [2.75, 3.05) is 41.0 Å². The minimum atomic E-state index is -0.146. The molecule has 0 saturated heterocycles. The Hall–Kier alpha value is -6.72. The highest BCUT2D eigenvalue weighted by Gasteiger charge is 2.36. The van der Waals surface area contributed by atoms with E-state index in [1.807, 2.05) is 36.4 Å². The normalized spacial score (nSPS) is 19.3. The van der Waals surface area contributed by atoms with E-state index in [4.69, 9.17) is 14.2 Å². The highest BCUT2D eigenvalue weighted by molar-refractivity contribution is 5.54. The van der Waals surface area contributed by atoms with Crippen LogP contribution in [0.15, 0.2) is 72.8 Å². The lowest BCUT2D eigenvalue weighted by molar-refractivity contribution is 0.160. The zero-order chi connectivity index (χ0) is 50.5. The number of aromatic hydroxyl groups is 6. The van der Waals surface area contributed by atoms with Crippen molar-refractivity contribution >= 4 is 0 Å². The van der Waals surface area contributed by atoms with E-state index in [2.05, 4.69) is 14.7 Å². The van der Waals surface area contributed by atoms with E-state index in [0.717, 1.165) is 111 Å². The molecule has 6 heterocycles. The van der Waals surface area contributed by atoms with E-state index in [1.165, 1.54) is 33.4 Å². The Morgan fingerprint density at radius 3 is 0.889 bits per heavy atom. The summed E-state index contributed by atoms with van der Waals surface area (Å²) >= 11 is 0. The van der Waals surface area contributed by atoms with Crippen LogP contribution in [0.25, 0.3) is 0 Å². The monoisotopic (exact) mass is 981 g/mol. The van der Waals surface area contributed by atoms with E-state index < -0.39 is 0 Å². The predicted molar refractivity (Wildman–Crippen MR) is 268 cm³/mol. The highest BCUT2D eigenvalue weighted by Crippen LogP contribution is 2.46. The zero-order valence-electron chi connectivity index (χ0n) is 40.9. The number of methoxy groups -OCH3 is 3. The molecule has 15 heteroatoms. The Morgan fingerprint density at radius 2 is 0.639 bits per heavy atom. The smallest absolute Gasteiger partial charge is 0.160 e. The van der Waals surface area contributed by atoms with Gasteiger partial charge < -0.3 is 60.2 Å². The number of phenolic OH excluding ortho intramolecular Hbond substituents is 3. The van der Waals surface area contributed by atoms with Crippen LogP contribution < -0.4 is 14.2 Å². The van der Waals surface area contributed by atoms with E-state index in [-0.39, 0.29) is 72.4 Å². The third-order valence-electron chi connectivity index (χ3n) is 15.8. The number of ether oxygens (including phenoxy) is 3. The summed E-state index contributed by atoms with van der Waals surface area (Å²) in [5, 5.41) is 88.5. The first-order valence-electron chi connectivity index (χ1n) is 24.6. The van der Waals surface area contributed by atoms with E-state index >= 15 is 0 Å². The Bertz CT molecular complexity index is 2730. The molecule has 9 N–H and O–H groups in total. The molecule has 6 aliphatic heterocycles. The van der Waals surface area contributed by atoms with Crippen LogP contribution in [0.1, 0.15) is 102 Å². The van der Waals surface area contributed by atoms with Crippen LogP contribution in [0.5, 0.6) is 51.7 Å². The van der Waals surface area contributed by atoms with Gasteiger partial charge in [-0.25, -0.2) is 0 Å². The minimum absolute atomic E-state index is 0.146. The van der Waals surface area contributed by atoms with Crippen LogP contribution in [-0.4, -0.2) is 102 Å². The average Bonchev–Trinajstić information content (AvgIpc) is 3.38. The molecule has 0 spiro atoms. The summed E-state index contributed by atoms with van der Waals surface area (Å²) in [5.41, 5.74) is 15.7. The molecule has 0 amide bonds. The third kappa shape index (κ3) is 9.09. The Kier molecular flexibility index (Phi) is 13.6. The van der Waals surface area contributed by atoms with Crippen LogP contribution in [0.4, 0.5) is 0 Å². The lowest BCUT2D eigenvalue weighted by Gasteiger charge is -2.41. The summed E-state index contributed by atoms with van der Waals surface area (Å²) in [7, 11) is 4.67. The molecule has 0 aromatic heterocycles. The molecular formula is C57H63N3O12. The van der Waals surface area contributed by atoms with Crippen molar-refractivity contribution in [2.24, 2.45) is 0 Å². The first kappa shape index (κ1) is 48.9. The van der Waals surface area contributed by atoms with Crippen molar-refractivity contribution in [1.82, 2.24) is 14.7 Å². The van der Waals surface area contributed by atoms with Crippen molar-refractivity contribution < 1.29 is 60.2 Å². The molecule has 15 nitrogen and oxygen atoms in total. The first-order chi connectivity index (χ1) is 34.8. The molecule has 0 radical (unpaired) electrons. The summed E-state index contributed by atoms with van der Waals surface area (Å²) in [6.45, 7) is 4.68. The fraction of sp³-hybridized carbons (Fsp3) is 0.368. The summed E-state index contributed by atoms with van der Waals surface area (Å²) < 4.78 is 15.7. The topological polar surface area (TPSA) is 219 Å². The number of rotatable bonds is 6. The standard InChI is InChI=1S/3C19H21NO4/c3*1-24-19-7-12-5-16-15-8-17(22)14(10-21)4-11(15)2-3-20(16)9-13(12)6-18(19)23/h3*4,6-8,16,21-23H,2-3,5,9-10H2,1H3/t2*16-;/m10./s1. The molecule has 12 rings (SSSR count). The average molecular weight is 982 g/mol. The number of benzene rings is 6. The second-order valence-electron chi connectivity index (χ2n) is 19.7. The maximum Gasteiger partial charge on any atom is 0.160 e. The fourth-order valence-electron chi connectivity index (χ4n) is 11.9. The first-order valence-corrected chi connectivity index (χ1v) is 24.6. The van der Waals surface area contributed by atoms with Gasteiger partial charge in [-0.05, 0) is 178 Å². The Balaban J connectivity index is 0.000000124. The van der Waals surface area contributed by atoms with Crippen LogP contribution in [-0.2, 0) is 78.0 Å². The zero-order valence-corrected chi connectivity index (χ0v) is 40.9. The minimum Gasteiger partial charge on any atom is -0.508 e. The van der Waals surface area contributed by atoms with Gasteiger partial charge in [-0.3, -0.25) is 14.7 Å². The van der Waals surface area contributed by atoms with E-state index in [1.54, 1.807) is 57.7 Å². The largest absolute Gasteiger partial charge is 0.508 e. The number of fused-ring (bicyclic) bond motifs is 12. The lowest BCUT2D eigenvalue weighted by Crippen LogP contribution is -2.39. The second-order valence-corrected chi connectivity index (χ2v) is 19.7. The predicted octanol–water partition coefficient (Wildman–Crippen LogP) is 6.76. The van der Waals surface area contributed by atoms with Gasteiger partial charge in [-0.1, -0.05) is 0 Å². The molecular weight excluding hydrogens is 919 g/mol. The number of aliphatic hydroxyl groups excluding tert-OH is 3. The van der Waals surface area contributed by atoms with Gasteiger partial charge in [-0.15, -0.1) is 0 Å². The lowest BCUT2D eigenvalue weighted by atomic mass is 9.83. The summed E-state index contributed by atoms with van der Waals surface area (Å²) in [6, 6.07) is 22.9.